The van der Waals surface area contributed by atoms with Crippen molar-refractivity contribution in [2.24, 2.45) is 5.41 Å². The summed E-state index contributed by atoms with van der Waals surface area (Å²) < 4.78 is 68.5. The fraction of sp³-hybridized carbons (Fsp3) is 0.727. The van der Waals surface area contributed by atoms with Crippen LogP contribution in [0.2, 0.25) is 0 Å². The van der Waals surface area contributed by atoms with Gasteiger partial charge in [0.2, 0.25) is 0 Å². The number of carbonyl (C=O) groups excluding carboxylic acids is 1. The predicted molar refractivity (Wildman–Crippen MR) is 56.3 cm³/mol. The van der Waals surface area contributed by atoms with Crippen molar-refractivity contribution in [1.29, 1.82) is 0 Å². The Morgan fingerprint density at radius 3 is 1.89 bits per heavy atom. The molecule has 0 amide bonds. The maximum atomic E-state index is 12.0. The molecule has 0 aromatic heterocycles. The van der Waals surface area contributed by atoms with Gasteiger partial charge in [-0.3, -0.25) is 4.79 Å². The lowest BCUT2D eigenvalue weighted by atomic mass is 9.91. The maximum absolute atomic E-state index is 12.0. The average Bonchev–Trinajstić information content (AvgIpc) is 2.25. The molecule has 0 atom stereocenters. The van der Waals surface area contributed by atoms with E-state index in [1.54, 1.807) is 20.8 Å². The summed E-state index contributed by atoms with van der Waals surface area (Å²) in [5.74, 6) is -2.99. The molecule has 0 N–H and O–H groups in total. The lowest BCUT2D eigenvalue weighted by Crippen LogP contribution is -2.27. The molecule has 0 spiro atoms. The molecule has 19 heavy (non-hydrogen) atoms. The predicted octanol–water partition coefficient (Wildman–Crippen LogP) is 3.65. The fourth-order valence-electron chi connectivity index (χ4n) is 0.861. The number of halogens is 5. The van der Waals surface area contributed by atoms with E-state index in [2.05, 4.69) is 9.47 Å². The zero-order valence-corrected chi connectivity index (χ0v) is 10.7. The average molecular weight is 290 g/mol. The van der Waals surface area contributed by atoms with Crippen LogP contribution in [-0.4, -0.2) is 25.4 Å². The Labute approximate surface area is 107 Å². The van der Waals surface area contributed by atoms with Crippen LogP contribution in [0.1, 0.15) is 27.2 Å². The first-order chi connectivity index (χ1) is 8.52. The number of alkyl halides is 3. The van der Waals surface area contributed by atoms with Crippen molar-refractivity contribution in [3.63, 3.8) is 0 Å². The second-order valence-corrected chi connectivity index (χ2v) is 4.31. The van der Waals surface area contributed by atoms with Gasteiger partial charge in [0.15, 0.2) is 0 Å². The van der Waals surface area contributed by atoms with Gasteiger partial charge in [-0.05, 0) is 20.3 Å². The minimum atomic E-state index is -5.27. The van der Waals surface area contributed by atoms with Gasteiger partial charge in [-0.2, -0.15) is 22.0 Å². The molecule has 0 unspecified atom stereocenters. The molecule has 0 saturated heterocycles. The molecule has 0 aromatic rings. The second kappa shape index (κ2) is 6.72. The summed E-state index contributed by atoms with van der Waals surface area (Å²) in [6.45, 7) is 3.60. The van der Waals surface area contributed by atoms with Crippen molar-refractivity contribution >= 4 is 5.97 Å². The van der Waals surface area contributed by atoms with Gasteiger partial charge in [0.1, 0.15) is 13.2 Å². The van der Waals surface area contributed by atoms with E-state index >= 15 is 0 Å². The third-order valence-electron chi connectivity index (χ3n) is 2.43. The Balaban J connectivity index is 4.26. The Morgan fingerprint density at radius 1 is 1.05 bits per heavy atom. The third kappa shape index (κ3) is 5.89. The lowest BCUT2D eigenvalue weighted by Gasteiger charge is -2.20. The van der Waals surface area contributed by atoms with E-state index in [-0.39, 0.29) is 0 Å². The summed E-state index contributed by atoms with van der Waals surface area (Å²) in [7, 11) is 0. The number of rotatable bonds is 6. The van der Waals surface area contributed by atoms with Gasteiger partial charge in [0, 0.05) is 0 Å². The van der Waals surface area contributed by atoms with Gasteiger partial charge in [-0.1, -0.05) is 6.92 Å². The topological polar surface area (TPSA) is 35.5 Å². The van der Waals surface area contributed by atoms with Crippen molar-refractivity contribution < 1.29 is 36.2 Å². The van der Waals surface area contributed by atoms with Gasteiger partial charge < -0.3 is 9.47 Å². The van der Waals surface area contributed by atoms with Crippen LogP contribution >= 0.6 is 0 Å². The number of carbonyl (C=O) groups is 1. The number of hydrogen-bond donors (Lipinski definition) is 0. The molecule has 0 aromatic carbocycles. The van der Waals surface area contributed by atoms with Crippen LogP contribution in [0.5, 0.6) is 0 Å². The highest BCUT2D eigenvalue weighted by Crippen LogP contribution is 2.30. The van der Waals surface area contributed by atoms with Crippen LogP contribution in [0.25, 0.3) is 0 Å². The molecule has 0 aliphatic rings. The second-order valence-electron chi connectivity index (χ2n) is 4.31. The molecule has 112 valence electrons. The molecule has 0 radical (unpaired) electrons. The highest BCUT2D eigenvalue weighted by molar-refractivity contribution is 5.75. The van der Waals surface area contributed by atoms with E-state index in [9.17, 15) is 26.7 Å². The van der Waals surface area contributed by atoms with Crippen molar-refractivity contribution in [1.82, 2.24) is 0 Å². The minimum Gasteiger partial charge on any atom is -0.482 e. The molecule has 0 fully saturated rings. The first kappa shape index (κ1) is 17.7. The first-order valence-electron chi connectivity index (χ1n) is 5.45. The van der Waals surface area contributed by atoms with Crippen molar-refractivity contribution in [2.45, 2.75) is 33.4 Å². The summed E-state index contributed by atoms with van der Waals surface area (Å²) in [6, 6.07) is 0. The monoisotopic (exact) mass is 290 g/mol. The Bertz CT molecular complexity index is 343. The highest BCUT2D eigenvalue weighted by Gasteiger charge is 2.40. The van der Waals surface area contributed by atoms with E-state index < -0.39 is 42.6 Å². The number of ether oxygens (including phenoxy) is 2. The van der Waals surface area contributed by atoms with E-state index in [4.69, 9.17) is 0 Å². The van der Waals surface area contributed by atoms with Crippen LogP contribution in [-0.2, 0) is 14.3 Å². The third-order valence-corrected chi connectivity index (χ3v) is 2.43. The highest BCUT2D eigenvalue weighted by atomic mass is 19.4. The van der Waals surface area contributed by atoms with Crippen molar-refractivity contribution in [3.05, 3.63) is 11.8 Å². The van der Waals surface area contributed by atoms with Gasteiger partial charge in [0.05, 0.1) is 5.41 Å². The largest absolute Gasteiger partial charge is 0.482 e. The van der Waals surface area contributed by atoms with E-state index in [0.29, 0.717) is 6.42 Å². The van der Waals surface area contributed by atoms with Crippen LogP contribution in [0.15, 0.2) is 11.8 Å². The minimum absolute atomic E-state index is 0.472. The SMILES string of the molecule is CCC(C)(C)C(=O)OCCOC(=C(F)F)C(F)(F)F. The van der Waals surface area contributed by atoms with E-state index in [1.807, 2.05) is 0 Å². The molecule has 0 heterocycles. The van der Waals surface area contributed by atoms with Crippen molar-refractivity contribution in [2.75, 3.05) is 13.2 Å². The Kier molecular flexibility index (Phi) is 6.24. The Hall–Kier alpha value is -1.34. The standard InChI is InChI=1S/C11H15F5O3/c1-4-10(2,3)9(17)19-6-5-18-7(8(12)13)11(14,15)16/h4-6H2,1-3H3. The molecular formula is C11H15F5O3. The summed E-state index contributed by atoms with van der Waals surface area (Å²) in [6.07, 6.45) is -7.77. The summed E-state index contributed by atoms with van der Waals surface area (Å²) >= 11 is 0. The zero-order valence-electron chi connectivity index (χ0n) is 10.7. The summed E-state index contributed by atoms with van der Waals surface area (Å²) in [5, 5.41) is 0. The van der Waals surface area contributed by atoms with Crippen LogP contribution in [0.4, 0.5) is 22.0 Å². The molecule has 8 heteroatoms. The van der Waals surface area contributed by atoms with E-state index in [1.165, 1.54) is 0 Å². The molecule has 3 nitrogen and oxygen atoms in total. The lowest BCUT2D eigenvalue weighted by molar-refractivity contribution is -0.158. The molecule has 0 rings (SSSR count). The summed E-state index contributed by atoms with van der Waals surface area (Å²) in [4.78, 5) is 11.4. The molecular weight excluding hydrogens is 275 g/mol. The van der Waals surface area contributed by atoms with Gasteiger partial charge in [0.25, 0.3) is 5.76 Å². The maximum Gasteiger partial charge on any atom is 0.454 e. The Morgan fingerprint density at radius 2 is 1.53 bits per heavy atom. The van der Waals surface area contributed by atoms with Crippen LogP contribution in [0, 0.1) is 5.41 Å². The van der Waals surface area contributed by atoms with Gasteiger partial charge >= 0.3 is 18.2 Å². The first-order valence-corrected chi connectivity index (χ1v) is 5.45. The van der Waals surface area contributed by atoms with Gasteiger partial charge in [-0.15, -0.1) is 0 Å². The van der Waals surface area contributed by atoms with Crippen molar-refractivity contribution in [3.8, 4) is 0 Å². The number of hydrogen-bond acceptors (Lipinski definition) is 3. The quantitative estimate of drug-likeness (QED) is 0.324. The normalized spacial score (nSPS) is 12.0. The van der Waals surface area contributed by atoms with Crippen LogP contribution in [0.3, 0.4) is 0 Å². The van der Waals surface area contributed by atoms with E-state index in [0.717, 1.165) is 0 Å². The summed E-state index contributed by atoms with van der Waals surface area (Å²) in [5.41, 5.74) is -0.784. The number of allylic oxidation sites excluding steroid dienone is 1. The molecule has 0 aliphatic carbocycles. The number of esters is 1. The smallest absolute Gasteiger partial charge is 0.454 e. The molecule has 0 saturated carbocycles. The van der Waals surface area contributed by atoms with Gasteiger partial charge in [-0.25, -0.2) is 0 Å². The fourth-order valence-corrected chi connectivity index (χ4v) is 0.861. The zero-order chi connectivity index (χ0) is 15.3. The molecule has 0 aliphatic heterocycles. The molecule has 0 bridgehead atoms. The van der Waals surface area contributed by atoms with Crippen LogP contribution < -0.4 is 0 Å².